The molecule has 2 aromatic rings. The number of hydrogen-bond acceptors (Lipinski definition) is 6. The molecule has 5 atom stereocenters. The molecule has 2 aliphatic carbocycles. The van der Waals surface area contributed by atoms with Gasteiger partial charge in [-0.3, -0.25) is 4.79 Å². The molecule has 0 radical (unpaired) electrons. The van der Waals surface area contributed by atoms with E-state index in [4.69, 9.17) is 14.6 Å². The minimum absolute atomic E-state index is 0.00296. The molecule has 2 saturated carbocycles. The third-order valence-corrected chi connectivity index (χ3v) is 8.99. The molecule has 28 heavy (non-hydrogen) atoms. The Kier molecular flexibility index (Phi) is 4.43. The molecular formula is C20H21NO5S2. The molecule has 1 aromatic carbocycles. The van der Waals surface area contributed by atoms with E-state index in [1.165, 1.54) is 30.6 Å². The number of nitrogens with one attached hydrogen (secondary N) is 1. The summed E-state index contributed by atoms with van der Waals surface area (Å²) in [6, 6.07) is 5.74. The minimum atomic E-state index is -1.03. The van der Waals surface area contributed by atoms with Gasteiger partial charge >= 0.3 is 10.8 Å². The fraction of sp³-hybridized carbons (Fsp3) is 0.500. The quantitative estimate of drug-likeness (QED) is 0.770. The Morgan fingerprint density at radius 2 is 2.11 bits per heavy atom. The Bertz CT molecular complexity index is 983. The lowest BCUT2D eigenvalue weighted by Gasteiger charge is -2.40. The summed E-state index contributed by atoms with van der Waals surface area (Å²) in [6.07, 6.45) is 3.85. The molecule has 0 amide bonds. The number of aromatic amines is 1. The van der Waals surface area contributed by atoms with E-state index in [0.29, 0.717) is 28.6 Å². The first-order valence-corrected chi connectivity index (χ1v) is 11.2. The van der Waals surface area contributed by atoms with Crippen molar-refractivity contribution < 1.29 is 19.4 Å². The molecule has 148 valence electrons. The van der Waals surface area contributed by atoms with E-state index in [-0.39, 0.29) is 10.8 Å². The summed E-state index contributed by atoms with van der Waals surface area (Å²) in [6.45, 7) is -0.409. The van der Waals surface area contributed by atoms with Gasteiger partial charge in [-0.05, 0) is 54.7 Å². The Balaban J connectivity index is 1.56. The second kappa shape index (κ2) is 6.84. The van der Waals surface area contributed by atoms with Crippen molar-refractivity contribution in [1.29, 1.82) is 0 Å². The van der Waals surface area contributed by atoms with Crippen LogP contribution in [0.25, 0.3) is 0 Å². The highest BCUT2D eigenvalue weighted by molar-refractivity contribution is 8.00. The second-order valence-corrected chi connectivity index (χ2v) is 9.97. The number of carboxylic acid groups (broad SMARTS) is 1. The van der Waals surface area contributed by atoms with Crippen LogP contribution >= 0.6 is 23.1 Å². The molecular weight excluding hydrogens is 398 g/mol. The summed E-state index contributed by atoms with van der Waals surface area (Å²) in [4.78, 5) is 27.1. The van der Waals surface area contributed by atoms with E-state index in [1.54, 1.807) is 13.2 Å². The fourth-order valence-corrected chi connectivity index (χ4v) is 8.25. The lowest BCUT2D eigenvalue weighted by Crippen LogP contribution is -2.33. The van der Waals surface area contributed by atoms with Crippen LogP contribution in [0.4, 0.5) is 0 Å². The van der Waals surface area contributed by atoms with Gasteiger partial charge < -0.3 is 19.6 Å². The van der Waals surface area contributed by atoms with Crippen molar-refractivity contribution in [1.82, 2.24) is 4.98 Å². The predicted octanol–water partition coefficient (Wildman–Crippen LogP) is 3.56. The van der Waals surface area contributed by atoms with Crippen LogP contribution in [0.5, 0.6) is 11.5 Å². The molecule has 3 aliphatic rings. The van der Waals surface area contributed by atoms with Crippen LogP contribution in [0.15, 0.2) is 28.0 Å². The number of thioether (sulfide) groups is 1. The average molecular weight is 420 g/mol. The predicted molar refractivity (Wildman–Crippen MR) is 107 cm³/mol. The largest absolute Gasteiger partial charge is 0.493 e. The van der Waals surface area contributed by atoms with Crippen LogP contribution in [0.3, 0.4) is 0 Å². The second-order valence-electron chi connectivity index (χ2n) is 7.77. The van der Waals surface area contributed by atoms with E-state index in [9.17, 15) is 9.59 Å². The van der Waals surface area contributed by atoms with Crippen molar-refractivity contribution >= 4 is 29.1 Å². The number of ether oxygens (including phenoxy) is 2. The number of methoxy groups -OCH3 is 1. The number of H-pyrrole nitrogens is 1. The van der Waals surface area contributed by atoms with Crippen LogP contribution in [0.2, 0.25) is 0 Å². The first-order valence-electron chi connectivity index (χ1n) is 9.47. The zero-order chi connectivity index (χ0) is 19.4. The Morgan fingerprint density at radius 1 is 1.29 bits per heavy atom. The van der Waals surface area contributed by atoms with Crippen molar-refractivity contribution in [3.8, 4) is 11.5 Å². The number of aromatic nitrogens is 1. The molecule has 0 saturated heterocycles. The number of thiazole rings is 1. The topological polar surface area (TPSA) is 88.6 Å². The normalized spacial score (nSPS) is 30.0. The summed E-state index contributed by atoms with van der Waals surface area (Å²) in [5, 5.41) is 10.4. The first-order chi connectivity index (χ1) is 13.5. The summed E-state index contributed by atoms with van der Waals surface area (Å²) in [5.74, 6) is 2.06. The van der Waals surface area contributed by atoms with Gasteiger partial charge in [0.2, 0.25) is 0 Å². The van der Waals surface area contributed by atoms with Gasteiger partial charge in [-0.25, -0.2) is 4.79 Å². The Hall–Kier alpha value is -1.93. The van der Waals surface area contributed by atoms with Crippen molar-refractivity contribution in [3.63, 3.8) is 0 Å². The number of carbonyl (C=O) groups is 1. The molecule has 2 N–H and O–H groups in total. The smallest absolute Gasteiger partial charge is 0.341 e. The van der Waals surface area contributed by atoms with Crippen molar-refractivity contribution in [2.75, 3.05) is 13.7 Å². The maximum atomic E-state index is 12.1. The lowest BCUT2D eigenvalue weighted by atomic mass is 9.75. The van der Waals surface area contributed by atoms with Crippen LogP contribution in [-0.2, 0) is 4.79 Å². The van der Waals surface area contributed by atoms with Gasteiger partial charge in [-0.1, -0.05) is 17.4 Å². The molecule has 0 spiro atoms. The number of rotatable bonds is 5. The number of aliphatic carboxylic acids is 1. The number of hydrogen-bond donors (Lipinski definition) is 2. The van der Waals surface area contributed by atoms with Crippen LogP contribution in [0, 0.1) is 17.8 Å². The average Bonchev–Trinajstić information content (AvgIpc) is 3.38. The number of carboxylic acids is 1. The van der Waals surface area contributed by atoms with E-state index in [1.807, 2.05) is 23.9 Å². The van der Waals surface area contributed by atoms with Crippen LogP contribution in [-0.4, -0.2) is 35.0 Å². The van der Waals surface area contributed by atoms with Gasteiger partial charge in [0.15, 0.2) is 18.1 Å². The molecule has 2 heterocycles. The molecule has 1 aromatic heterocycles. The van der Waals surface area contributed by atoms with Gasteiger partial charge in [-0.15, -0.1) is 11.8 Å². The van der Waals surface area contributed by atoms with Gasteiger partial charge in [0.05, 0.1) is 12.1 Å². The van der Waals surface area contributed by atoms with Gasteiger partial charge in [0.1, 0.15) is 0 Å². The van der Waals surface area contributed by atoms with E-state index < -0.39 is 12.6 Å². The molecule has 5 rings (SSSR count). The Morgan fingerprint density at radius 3 is 2.89 bits per heavy atom. The number of fused-ring (bicyclic) bond motifs is 6. The van der Waals surface area contributed by atoms with E-state index in [0.717, 1.165) is 21.4 Å². The minimum Gasteiger partial charge on any atom is -0.493 e. The molecule has 1 aliphatic heterocycles. The number of benzene rings is 1. The fourth-order valence-electron chi connectivity index (χ4n) is 5.36. The summed E-state index contributed by atoms with van der Waals surface area (Å²) >= 11 is 3.19. The molecule has 2 bridgehead atoms. The molecule has 2 fully saturated rings. The highest BCUT2D eigenvalue weighted by atomic mass is 32.2. The van der Waals surface area contributed by atoms with E-state index in [2.05, 4.69) is 4.98 Å². The van der Waals surface area contributed by atoms with Crippen molar-refractivity contribution in [3.05, 3.63) is 38.3 Å². The van der Waals surface area contributed by atoms with Crippen molar-refractivity contribution in [2.24, 2.45) is 17.8 Å². The van der Waals surface area contributed by atoms with Crippen LogP contribution < -0.4 is 14.3 Å². The third-order valence-electron chi connectivity index (χ3n) is 6.36. The SMILES string of the molecule is COc1cc([C@@H]2c3sc(=O)[nH]c3S[C@H]3[C@@H]4CC[C@H](C4)[C@H]23)ccc1OCC(=O)O. The highest BCUT2D eigenvalue weighted by Gasteiger charge is 2.54. The monoisotopic (exact) mass is 419 g/mol. The zero-order valence-electron chi connectivity index (χ0n) is 15.3. The van der Waals surface area contributed by atoms with Gasteiger partial charge in [-0.2, -0.15) is 0 Å². The highest BCUT2D eigenvalue weighted by Crippen LogP contribution is 2.63. The maximum Gasteiger partial charge on any atom is 0.341 e. The summed E-state index contributed by atoms with van der Waals surface area (Å²) < 4.78 is 10.8. The lowest BCUT2D eigenvalue weighted by molar-refractivity contribution is -0.139. The van der Waals surface area contributed by atoms with Crippen molar-refractivity contribution in [2.45, 2.75) is 35.5 Å². The van der Waals surface area contributed by atoms with Crippen LogP contribution in [0.1, 0.15) is 35.6 Å². The zero-order valence-corrected chi connectivity index (χ0v) is 17.0. The van der Waals surface area contributed by atoms with E-state index >= 15 is 0 Å². The summed E-state index contributed by atoms with van der Waals surface area (Å²) in [5.41, 5.74) is 1.11. The van der Waals surface area contributed by atoms with Gasteiger partial charge in [0, 0.05) is 16.0 Å². The third kappa shape index (κ3) is 2.85. The first kappa shape index (κ1) is 18.1. The standard InChI is InChI=1S/C20H21NO5S2/c1-25-13-7-10(4-5-12(13)26-8-14(22)23)16-15-9-2-3-11(6-9)17(15)27-19-18(16)28-20(24)21-19/h4-5,7,9,11,15-17H,2-3,6,8H2,1H3,(H,21,24)(H,22,23)/t9-,11-,15-,16+,17+/m1/s1. The molecule has 8 heteroatoms. The van der Waals surface area contributed by atoms with Gasteiger partial charge in [0.25, 0.3) is 0 Å². The maximum absolute atomic E-state index is 12.1. The summed E-state index contributed by atoms with van der Waals surface area (Å²) in [7, 11) is 1.56. The molecule has 6 nitrogen and oxygen atoms in total. The molecule has 0 unspecified atom stereocenters. The Labute approximate surface area is 170 Å².